The first-order chi connectivity index (χ1) is 9.26. The number of methoxy groups -OCH3 is 1. The fraction of sp³-hybridized carbons (Fsp3) is 0.625. The maximum atomic E-state index is 13.8. The van der Waals surface area contributed by atoms with Gasteiger partial charge < -0.3 is 10.1 Å². The highest BCUT2D eigenvalue weighted by Crippen LogP contribution is 2.38. The fourth-order valence-corrected chi connectivity index (χ4v) is 3.13. The largest absolute Gasteiger partial charge is 0.494 e. The molecular formula is C16H24FNO. The Hall–Kier alpha value is -1.09. The van der Waals surface area contributed by atoms with Crippen LogP contribution in [0.3, 0.4) is 0 Å². The third-order valence-corrected chi connectivity index (χ3v) is 4.17. The fourth-order valence-electron chi connectivity index (χ4n) is 3.13. The Kier molecular flexibility index (Phi) is 5.20. The van der Waals surface area contributed by atoms with E-state index in [0.29, 0.717) is 17.6 Å². The van der Waals surface area contributed by atoms with E-state index in [9.17, 15) is 4.39 Å². The highest BCUT2D eigenvalue weighted by atomic mass is 19.1. The second-order valence-corrected chi connectivity index (χ2v) is 5.35. The Morgan fingerprint density at radius 3 is 2.79 bits per heavy atom. The Morgan fingerprint density at radius 1 is 1.32 bits per heavy atom. The van der Waals surface area contributed by atoms with Crippen LogP contribution in [0.2, 0.25) is 0 Å². The first-order valence-corrected chi connectivity index (χ1v) is 7.30. The van der Waals surface area contributed by atoms with Crippen molar-refractivity contribution in [3.63, 3.8) is 0 Å². The van der Waals surface area contributed by atoms with E-state index < -0.39 is 0 Å². The maximum Gasteiger partial charge on any atom is 0.165 e. The quantitative estimate of drug-likeness (QED) is 0.876. The minimum absolute atomic E-state index is 0.243. The average molecular weight is 265 g/mol. The molecule has 0 saturated heterocycles. The van der Waals surface area contributed by atoms with Crippen LogP contribution in [-0.4, -0.2) is 20.2 Å². The van der Waals surface area contributed by atoms with Crippen molar-refractivity contribution in [2.75, 3.05) is 20.2 Å². The van der Waals surface area contributed by atoms with E-state index in [1.807, 2.05) is 6.07 Å². The van der Waals surface area contributed by atoms with Crippen molar-refractivity contribution in [1.82, 2.24) is 5.32 Å². The molecular weight excluding hydrogens is 241 g/mol. The zero-order valence-corrected chi connectivity index (χ0v) is 11.9. The molecule has 2 unspecified atom stereocenters. The molecule has 19 heavy (non-hydrogen) atoms. The smallest absolute Gasteiger partial charge is 0.165 e. The molecule has 3 heteroatoms. The summed E-state index contributed by atoms with van der Waals surface area (Å²) in [5, 5.41) is 3.44. The number of benzene rings is 1. The van der Waals surface area contributed by atoms with Gasteiger partial charge in [0.25, 0.3) is 0 Å². The minimum Gasteiger partial charge on any atom is -0.494 e. The lowest BCUT2D eigenvalue weighted by Gasteiger charge is -2.32. The normalized spacial score (nSPS) is 23.3. The monoisotopic (exact) mass is 265 g/mol. The van der Waals surface area contributed by atoms with Crippen LogP contribution >= 0.6 is 0 Å². The number of nitrogens with one attached hydrogen (secondary N) is 1. The average Bonchev–Trinajstić information content (AvgIpc) is 2.45. The Balaban J connectivity index is 2.14. The van der Waals surface area contributed by atoms with Gasteiger partial charge in [-0.25, -0.2) is 4.39 Å². The molecule has 2 nitrogen and oxygen atoms in total. The number of ether oxygens (including phenoxy) is 1. The number of hydrogen-bond acceptors (Lipinski definition) is 2. The lowest BCUT2D eigenvalue weighted by molar-refractivity contribution is 0.296. The molecule has 0 amide bonds. The summed E-state index contributed by atoms with van der Waals surface area (Å²) in [7, 11) is 1.51. The molecule has 0 spiro atoms. The van der Waals surface area contributed by atoms with E-state index in [2.05, 4.69) is 12.2 Å². The second-order valence-electron chi connectivity index (χ2n) is 5.35. The van der Waals surface area contributed by atoms with Crippen LogP contribution in [0.15, 0.2) is 18.2 Å². The molecule has 106 valence electrons. The SMILES string of the molecule is CCNCC1CCCCC1c1ccc(OC)c(F)c1. The summed E-state index contributed by atoms with van der Waals surface area (Å²) in [6.45, 7) is 4.17. The highest BCUT2D eigenvalue weighted by molar-refractivity contribution is 5.31. The van der Waals surface area contributed by atoms with Crippen molar-refractivity contribution >= 4 is 0 Å². The van der Waals surface area contributed by atoms with Crippen molar-refractivity contribution < 1.29 is 9.13 Å². The second kappa shape index (κ2) is 6.90. The molecule has 0 heterocycles. The zero-order chi connectivity index (χ0) is 13.7. The van der Waals surface area contributed by atoms with E-state index in [1.54, 1.807) is 12.1 Å². The van der Waals surface area contributed by atoms with Gasteiger partial charge in [-0.2, -0.15) is 0 Å². The van der Waals surface area contributed by atoms with Crippen LogP contribution in [0.5, 0.6) is 5.75 Å². The van der Waals surface area contributed by atoms with E-state index in [0.717, 1.165) is 18.7 Å². The molecule has 0 aromatic heterocycles. The van der Waals surface area contributed by atoms with Crippen LogP contribution in [0.1, 0.15) is 44.1 Å². The predicted molar refractivity (Wildman–Crippen MR) is 76.2 cm³/mol. The summed E-state index contributed by atoms with van der Waals surface area (Å²) < 4.78 is 18.8. The van der Waals surface area contributed by atoms with Gasteiger partial charge in [0.15, 0.2) is 11.6 Å². The van der Waals surface area contributed by atoms with Crippen LogP contribution in [0.4, 0.5) is 4.39 Å². The van der Waals surface area contributed by atoms with E-state index >= 15 is 0 Å². The standard InChI is InChI=1S/C16H24FNO/c1-3-18-11-13-6-4-5-7-14(13)12-8-9-16(19-2)15(17)10-12/h8-10,13-14,18H,3-7,11H2,1-2H3. The summed E-state index contributed by atoms with van der Waals surface area (Å²) in [6.07, 6.45) is 4.96. The summed E-state index contributed by atoms with van der Waals surface area (Å²) >= 11 is 0. The van der Waals surface area contributed by atoms with Crippen molar-refractivity contribution in [3.05, 3.63) is 29.6 Å². The summed E-state index contributed by atoms with van der Waals surface area (Å²) in [5.74, 6) is 1.20. The molecule has 1 aliphatic carbocycles. The summed E-state index contributed by atoms with van der Waals surface area (Å²) in [4.78, 5) is 0. The van der Waals surface area contributed by atoms with E-state index in [4.69, 9.17) is 4.74 Å². The minimum atomic E-state index is -0.243. The number of halogens is 1. The van der Waals surface area contributed by atoms with Crippen molar-refractivity contribution in [1.29, 1.82) is 0 Å². The van der Waals surface area contributed by atoms with Gasteiger partial charge in [-0.3, -0.25) is 0 Å². The summed E-state index contributed by atoms with van der Waals surface area (Å²) in [5.41, 5.74) is 1.13. The molecule has 0 radical (unpaired) electrons. The molecule has 2 rings (SSSR count). The molecule has 0 aliphatic heterocycles. The lowest BCUT2D eigenvalue weighted by Crippen LogP contribution is -2.29. The van der Waals surface area contributed by atoms with Gasteiger partial charge in [0.1, 0.15) is 0 Å². The van der Waals surface area contributed by atoms with Crippen LogP contribution in [-0.2, 0) is 0 Å². The topological polar surface area (TPSA) is 21.3 Å². The van der Waals surface area contributed by atoms with Crippen molar-refractivity contribution in [2.45, 2.75) is 38.5 Å². The van der Waals surface area contributed by atoms with Gasteiger partial charge in [0, 0.05) is 0 Å². The molecule has 1 aromatic carbocycles. The van der Waals surface area contributed by atoms with Crippen LogP contribution in [0, 0.1) is 11.7 Å². The van der Waals surface area contributed by atoms with Gasteiger partial charge in [-0.05, 0) is 55.5 Å². The molecule has 0 bridgehead atoms. The van der Waals surface area contributed by atoms with E-state index in [1.165, 1.54) is 32.8 Å². The van der Waals surface area contributed by atoms with Gasteiger partial charge in [-0.1, -0.05) is 25.8 Å². The molecule has 1 aliphatic rings. The first kappa shape index (κ1) is 14.3. The number of rotatable bonds is 5. The molecule has 1 N–H and O–H groups in total. The maximum absolute atomic E-state index is 13.8. The van der Waals surface area contributed by atoms with Crippen molar-refractivity contribution in [3.8, 4) is 5.75 Å². The first-order valence-electron chi connectivity index (χ1n) is 7.30. The van der Waals surface area contributed by atoms with Gasteiger partial charge in [-0.15, -0.1) is 0 Å². The van der Waals surface area contributed by atoms with E-state index in [-0.39, 0.29) is 5.82 Å². The Morgan fingerprint density at radius 2 is 2.11 bits per heavy atom. The molecule has 1 saturated carbocycles. The van der Waals surface area contributed by atoms with Crippen LogP contribution in [0.25, 0.3) is 0 Å². The Labute approximate surface area is 115 Å². The number of hydrogen-bond donors (Lipinski definition) is 1. The predicted octanol–water partition coefficient (Wildman–Crippen LogP) is 3.72. The molecule has 2 atom stereocenters. The van der Waals surface area contributed by atoms with Gasteiger partial charge in [0.05, 0.1) is 7.11 Å². The third kappa shape index (κ3) is 3.47. The van der Waals surface area contributed by atoms with Crippen LogP contribution < -0.4 is 10.1 Å². The molecule has 1 fully saturated rings. The third-order valence-electron chi connectivity index (χ3n) is 4.17. The Bertz CT molecular complexity index is 408. The summed E-state index contributed by atoms with van der Waals surface area (Å²) in [6, 6.07) is 5.44. The van der Waals surface area contributed by atoms with Gasteiger partial charge in [0.2, 0.25) is 0 Å². The highest BCUT2D eigenvalue weighted by Gasteiger charge is 2.26. The lowest BCUT2D eigenvalue weighted by atomic mass is 9.75. The molecule has 1 aromatic rings. The van der Waals surface area contributed by atoms with Crippen molar-refractivity contribution in [2.24, 2.45) is 5.92 Å². The zero-order valence-electron chi connectivity index (χ0n) is 11.9. The van der Waals surface area contributed by atoms with Gasteiger partial charge >= 0.3 is 0 Å².